The minimum atomic E-state index is -0.499. The fraction of sp³-hybridized carbons (Fsp3) is 0.238. The Morgan fingerprint density at radius 1 is 1.23 bits per heavy atom. The lowest BCUT2D eigenvalue weighted by atomic mass is 10.2. The average Bonchev–Trinajstić information content (AvgIpc) is 3.15. The van der Waals surface area contributed by atoms with Gasteiger partial charge in [-0.1, -0.05) is 49.3 Å². The Bertz CT molecular complexity index is 1350. The second kappa shape index (κ2) is 8.68. The Morgan fingerprint density at radius 2 is 2.00 bits per heavy atom. The molecule has 2 heterocycles. The third kappa shape index (κ3) is 4.28. The Hall–Kier alpha value is -2.91. The molecule has 0 fully saturated rings. The lowest BCUT2D eigenvalue weighted by Gasteiger charge is -2.13. The molecular formula is C21H19ClFN5O2S. The third-order valence-corrected chi connectivity index (χ3v) is 5.82. The molecule has 1 N–H and O–H groups in total. The molecule has 0 aliphatic carbocycles. The highest BCUT2D eigenvalue weighted by atomic mass is 35.5. The molecule has 31 heavy (non-hydrogen) atoms. The van der Waals surface area contributed by atoms with Crippen LogP contribution in [-0.4, -0.2) is 30.8 Å². The minimum absolute atomic E-state index is 0.0536. The van der Waals surface area contributed by atoms with Crippen LogP contribution in [0.15, 0.2) is 52.4 Å². The van der Waals surface area contributed by atoms with E-state index in [0.29, 0.717) is 33.7 Å². The molecule has 4 rings (SSSR count). The van der Waals surface area contributed by atoms with Gasteiger partial charge in [-0.25, -0.2) is 4.39 Å². The number of fused-ring (bicyclic) bond motifs is 3. The van der Waals surface area contributed by atoms with E-state index < -0.39 is 5.82 Å². The highest BCUT2D eigenvalue weighted by Gasteiger charge is 2.19. The summed E-state index contributed by atoms with van der Waals surface area (Å²) in [7, 11) is 0. The van der Waals surface area contributed by atoms with Gasteiger partial charge in [0.25, 0.3) is 5.56 Å². The monoisotopic (exact) mass is 459 g/mol. The Labute approximate surface area is 186 Å². The summed E-state index contributed by atoms with van der Waals surface area (Å²) in [5.74, 6) is -0.187. The van der Waals surface area contributed by atoms with Crippen molar-refractivity contribution >= 4 is 51.6 Å². The fourth-order valence-electron chi connectivity index (χ4n) is 3.26. The van der Waals surface area contributed by atoms with Crippen LogP contribution in [0.5, 0.6) is 0 Å². The molecule has 0 unspecified atom stereocenters. The van der Waals surface area contributed by atoms with Crippen molar-refractivity contribution in [2.24, 2.45) is 5.92 Å². The largest absolute Gasteiger partial charge is 0.324 e. The predicted octanol–water partition coefficient (Wildman–Crippen LogP) is 4.22. The number of rotatable bonds is 6. The second-order valence-electron chi connectivity index (χ2n) is 7.41. The van der Waals surface area contributed by atoms with E-state index in [1.165, 1.54) is 34.5 Å². The van der Waals surface area contributed by atoms with E-state index in [2.05, 4.69) is 15.5 Å². The van der Waals surface area contributed by atoms with Gasteiger partial charge in [-0.2, -0.15) is 0 Å². The van der Waals surface area contributed by atoms with E-state index in [1.807, 2.05) is 13.8 Å². The number of aromatic nitrogens is 4. The van der Waals surface area contributed by atoms with Gasteiger partial charge in [0.1, 0.15) is 5.82 Å². The first-order valence-electron chi connectivity index (χ1n) is 9.59. The number of carbonyl (C=O) groups is 1. The summed E-state index contributed by atoms with van der Waals surface area (Å²) in [6, 6.07) is 11.0. The van der Waals surface area contributed by atoms with Crippen LogP contribution in [0.4, 0.5) is 10.1 Å². The molecule has 0 bridgehead atoms. The molecule has 0 saturated carbocycles. The topological polar surface area (TPSA) is 81.3 Å². The highest BCUT2D eigenvalue weighted by molar-refractivity contribution is 7.99. The van der Waals surface area contributed by atoms with E-state index in [-0.39, 0.29) is 28.5 Å². The standard InChI is InChI=1S/C21H19ClFN5O2S/c1-12(2)10-27-19(30)14-9-13(23)7-8-17(14)28-20(27)25-26-21(28)31-11-18(29)24-16-6-4-3-5-15(16)22/h3-9,12H,10-11H2,1-2H3,(H,24,29). The number of anilines is 1. The van der Waals surface area contributed by atoms with Gasteiger partial charge in [0, 0.05) is 6.54 Å². The number of hydrogen-bond acceptors (Lipinski definition) is 5. The zero-order chi connectivity index (χ0) is 22.1. The summed E-state index contributed by atoms with van der Waals surface area (Å²) in [6.45, 7) is 4.36. The number of benzene rings is 2. The molecule has 0 saturated heterocycles. The number of hydrogen-bond donors (Lipinski definition) is 1. The molecule has 0 radical (unpaired) electrons. The molecule has 4 aromatic rings. The summed E-state index contributed by atoms with van der Waals surface area (Å²) < 4.78 is 17.1. The molecule has 0 aliphatic heterocycles. The summed E-state index contributed by atoms with van der Waals surface area (Å²) in [5, 5.41) is 12.2. The van der Waals surface area contributed by atoms with Gasteiger partial charge in [0.05, 0.1) is 27.4 Å². The number of halogens is 2. The second-order valence-corrected chi connectivity index (χ2v) is 8.76. The van der Waals surface area contributed by atoms with Crippen molar-refractivity contribution in [3.8, 4) is 0 Å². The van der Waals surface area contributed by atoms with Crippen molar-refractivity contribution in [2.45, 2.75) is 25.5 Å². The SMILES string of the molecule is CC(C)Cn1c(=O)c2cc(F)ccc2n2c(SCC(=O)Nc3ccccc3Cl)nnc12. The van der Waals surface area contributed by atoms with Crippen molar-refractivity contribution in [3.63, 3.8) is 0 Å². The molecule has 160 valence electrons. The number of nitrogens with zero attached hydrogens (tertiary/aromatic N) is 4. The van der Waals surface area contributed by atoms with E-state index >= 15 is 0 Å². The molecule has 0 aliphatic rings. The van der Waals surface area contributed by atoms with Gasteiger partial charge in [-0.05, 0) is 36.2 Å². The van der Waals surface area contributed by atoms with Gasteiger partial charge in [-0.3, -0.25) is 18.6 Å². The third-order valence-electron chi connectivity index (χ3n) is 4.56. The van der Waals surface area contributed by atoms with Crippen molar-refractivity contribution in [2.75, 3.05) is 11.1 Å². The zero-order valence-electron chi connectivity index (χ0n) is 16.8. The number of carbonyl (C=O) groups excluding carboxylic acids is 1. The number of nitrogens with one attached hydrogen (secondary N) is 1. The smallest absolute Gasteiger partial charge is 0.262 e. The quantitative estimate of drug-likeness (QED) is 0.436. The number of thioether (sulfide) groups is 1. The molecule has 2 aromatic heterocycles. The van der Waals surface area contributed by atoms with Gasteiger partial charge in [0.15, 0.2) is 5.16 Å². The van der Waals surface area contributed by atoms with E-state index in [1.54, 1.807) is 28.7 Å². The number of amides is 1. The van der Waals surface area contributed by atoms with Gasteiger partial charge in [0.2, 0.25) is 11.7 Å². The normalized spacial score (nSPS) is 11.5. The van der Waals surface area contributed by atoms with Crippen molar-refractivity contribution in [1.29, 1.82) is 0 Å². The predicted molar refractivity (Wildman–Crippen MR) is 120 cm³/mol. The summed E-state index contributed by atoms with van der Waals surface area (Å²) >= 11 is 7.25. The van der Waals surface area contributed by atoms with Crippen LogP contribution in [0.25, 0.3) is 16.7 Å². The molecule has 10 heteroatoms. The minimum Gasteiger partial charge on any atom is -0.324 e. The summed E-state index contributed by atoms with van der Waals surface area (Å²) in [4.78, 5) is 25.4. The lowest BCUT2D eigenvalue weighted by Crippen LogP contribution is -2.25. The molecule has 2 aromatic carbocycles. The first-order valence-corrected chi connectivity index (χ1v) is 11.0. The maximum atomic E-state index is 13.9. The molecule has 1 amide bonds. The van der Waals surface area contributed by atoms with Crippen molar-refractivity contribution < 1.29 is 9.18 Å². The zero-order valence-corrected chi connectivity index (χ0v) is 18.4. The van der Waals surface area contributed by atoms with Crippen LogP contribution in [0.2, 0.25) is 5.02 Å². The molecule has 0 spiro atoms. The van der Waals surface area contributed by atoms with E-state index in [0.717, 1.165) is 0 Å². The van der Waals surface area contributed by atoms with Crippen LogP contribution in [0, 0.1) is 11.7 Å². The van der Waals surface area contributed by atoms with Crippen LogP contribution in [0.1, 0.15) is 13.8 Å². The van der Waals surface area contributed by atoms with Crippen LogP contribution >= 0.6 is 23.4 Å². The van der Waals surface area contributed by atoms with Crippen molar-refractivity contribution in [1.82, 2.24) is 19.2 Å². The van der Waals surface area contributed by atoms with Crippen molar-refractivity contribution in [3.05, 3.63) is 63.7 Å². The maximum Gasteiger partial charge on any atom is 0.262 e. The molecular weight excluding hydrogens is 441 g/mol. The van der Waals surface area contributed by atoms with Crippen LogP contribution in [-0.2, 0) is 11.3 Å². The fourth-order valence-corrected chi connectivity index (χ4v) is 4.18. The highest BCUT2D eigenvalue weighted by Crippen LogP contribution is 2.24. The van der Waals surface area contributed by atoms with Crippen LogP contribution < -0.4 is 10.9 Å². The van der Waals surface area contributed by atoms with Gasteiger partial charge in [-0.15, -0.1) is 10.2 Å². The Morgan fingerprint density at radius 3 is 2.74 bits per heavy atom. The average molecular weight is 460 g/mol. The maximum absolute atomic E-state index is 13.9. The Balaban J connectivity index is 1.71. The van der Waals surface area contributed by atoms with Crippen LogP contribution in [0.3, 0.4) is 0 Å². The molecule has 7 nitrogen and oxygen atoms in total. The summed E-state index contributed by atoms with van der Waals surface area (Å²) in [5.41, 5.74) is 0.684. The Kier molecular flexibility index (Phi) is 5.97. The first kappa shape index (κ1) is 21.3. The first-order chi connectivity index (χ1) is 14.8. The van der Waals surface area contributed by atoms with Gasteiger partial charge < -0.3 is 5.32 Å². The number of para-hydroxylation sites is 1. The van der Waals surface area contributed by atoms with Gasteiger partial charge >= 0.3 is 0 Å². The molecule has 0 atom stereocenters. The lowest BCUT2D eigenvalue weighted by molar-refractivity contribution is -0.113. The summed E-state index contributed by atoms with van der Waals surface area (Å²) in [6.07, 6.45) is 0. The van der Waals surface area contributed by atoms with E-state index in [9.17, 15) is 14.0 Å². The van der Waals surface area contributed by atoms with E-state index in [4.69, 9.17) is 11.6 Å².